The van der Waals surface area contributed by atoms with E-state index in [1.54, 1.807) is 7.11 Å². The third kappa shape index (κ3) is 4.18. The molecule has 0 aliphatic heterocycles. The molecule has 3 atom stereocenters. The van der Waals surface area contributed by atoms with Gasteiger partial charge in [0.1, 0.15) is 5.75 Å². The van der Waals surface area contributed by atoms with Crippen molar-refractivity contribution in [3.8, 4) is 5.75 Å². The number of amides is 1. The molecule has 1 aliphatic rings. The molecular formula is C20H24N2O3. The van der Waals surface area contributed by atoms with E-state index < -0.39 is 6.10 Å². The summed E-state index contributed by atoms with van der Waals surface area (Å²) in [5, 5.41) is 16.6. The molecule has 1 amide bonds. The lowest BCUT2D eigenvalue weighted by molar-refractivity contribution is -0.116. The highest BCUT2D eigenvalue weighted by atomic mass is 16.5. The largest absolute Gasteiger partial charge is 0.497 e. The van der Waals surface area contributed by atoms with Gasteiger partial charge >= 0.3 is 0 Å². The summed E-state index contributed by atoms with van der Waals surface area (Å²) in [6.07, 6.45) is 0.528. The molecule has 25 heavy (non-hydrogen) atoms. The lowest BCUT2D eigenvalue weighted by Crippen LogP contribution is -2.37. The topological polar surface area (TPSA) is 70.6 Å². The van der Waals surface area contributed by atoms with Crippen LogP contribution in [0.15, 0.2) is 48.5 Å². The summed E-state index contributed by atoms with van der Waals surface area (Å²) in [6, 6.07) is 15.1. The SMILES string of the molecule is COc1ccc(NC(=O)CC(C)N[C@@H]2c3ccccc3C[C@@H]2O)cc1. The molecule has 0 fully saturated rings. The second-order valence-corrected chi connectivity index (χ2v) is 6.50. The van der Waals surface area contributed by atoms with Crippen LogP contribution in [0.25, 0.3) is 0 Å². The van der Waals surface area contributed by atoms with Gasteiger partial charge in [-0.2, -0.15) is 0 Å². The fraction of sp³-hybridized carbons (Fsp3) is 0.350. The van der Waals surface area contributed by atoms with Gasteiger partial charge in [0.2, 0.25) is 5.91 Å². The molecule has 5 heteroatoms. The van der Waals surface area contributed by atoms with Crippen LogP contribution in [0.5, 0.6) is 5.75 Å². The van der Waals surface area contributed by atoms with E-state index in [0.29, 0.717) is 12.8 Å². The lowest BCUT2D eigenvalue weighted by atomic mass is 10.1. The number of ether oxygens (including phenoxy) is 1. The number of aliphatic hydroxyl groups is 1. The van der Waals surface area contributed by atoms with Gasteiger partial charge in [-0.1, -0.05) is 24.3 Å². The number of hydrogen-bond donors (Lipinski definition) is 3. The van der Waals surface area contributed by atoms with Crippen LogP contribution in [-0.2, 0) is 11.2 Å². The summed E-state index contributed by atoms with van der Waals surface area (Å²) < 4.78 is 5.11. The van der Waals surface area contributed by atoms with Gasteiger partial charge in [0.15, 0.2) is 0 Å². The third-order valence-electron chi connectivity index (χ3n) is 4.53. The van der Waals surface area contributed by atoms with Gasteiger partial charge < -0.3 is 20.5 Å². The van der Waals surface area contributed by atoms with Gasteiger partial charge in [0.05, 0.1) is 19.3 Å². The van der Waals surface area contributed by atoms with Crippen molar-refractivity contribution in [1.82, 2.24) is 5.32 Å². The van der Waals surface area contributed by atoms with Crippen LogP contribution >= 0.6 is 0 Å². The Labute approximate surface area is 148 Å². The molecule has 0 saturated heterocycles. The summed E-state index contributed by atoms with van der Waals surface area (Å²) in [6.45, 7) is 1.96. The number of anilines is 1. The lowest BCUT2D eigenvalue weighted by Gasteiger charge is -2.23. The van der Waals surface area contributed by atoms with Crippen LogP contribution in [0.3, 0.4) is 0 Å². The second-order valence-electron chi connectivity index (χ2n) is 6.50. The molecule has 5 nitrogen and oxygen atoms in total. The number of methoxy groups -OCH3 is 1. The fourth-order valence-corrected chi connectivity index (χ4v) is 3.30. The van der Waals surface area contributed by atoms with Crippen LogP contribution in [0.2, 0.25) is 0 Å². The van der Waals surface area contributed by atoms with Crippen LogP contribution in [-0.4, -0.2) is 30.3 Å². The van der Waals surface area contributed by atoms with Gasteiger partial charge in [-0.15, -0.1) is 0 Å². The standard InChI is InChI=1S/C20H24N2O3/c1-13(11-19(24)22-15-7-9-16(25-2)10-8-15)21-20-17-6-4-3-5-14(17)12-18(20)23/h3-10,13,18,20-21,23H,11-12H2,1-2H3,(H,22,24)/t13?,18-,20+/m0/s1. The molecule has 0 heterocycles. The van der Waals surface area contributed by atoms with Crippen LogP contribution in [0.4, 0.5) is 5.69 Å². The number of hydrogen-bond acceptors (Lipinski definition) is 4. The van der Waals surface area contributed by atoms with Gasteiger partial charge in [-0.25, -0.2) is 0 Å². The minimum atomic E-state index is -0.454. The van der Waals surface area contributed by atoms with E-state index in [4.69, 9.17) is 4.74 Å². The summed E-state index contributed by atoms with van der Waals surface area (Å²) in [4.78, 5) is 12.2. The van der Waals surface area contributed by atoms with E-state index in [2.05, 4.69) is 10.6 Å². The maximum absolute atomic E-state index is 12.2. The summed E-state index contributed by atoms with van der Waals surface area (Å²) in [5.74, 6) is 0.688. The van der Waals surface area contributed by atoms with E-state index in [-0.39, 0.29) is 18.0 Å². The Morgan fingerprint density at radius 2 is 1.96 bits per heavy atom. The van der Waals surface area contributed by atoms with Crippen molar-refractivity contribution in [2.24, 2.45) is 0 Å². The van der Waals surface area contributed by atoms with Gasteiger partial charge in [-0.3, -0.25) is 4.79 Å². The van der Waals surface area contributed by atoms with Crippen LogP contribution in [0, 0.1) is 0 Å². The van der Waals surface area contributed by atoms with Gasteiger partial charge in [-0.05, 0) is 42.3 Å². The number of carbonyl (C=O) groups is 1. The second kappa shape index (κ2) is 7.68. The van der Waals surface area contributed by atoms with E-state index in [9.17, 15) is 9.90 Å². The normalized spacial score (nSPS) is 20.0. The number of aliphatic hydroxyl groups excluding tert-OH is 1. The summed E-state index contributed by atoms with van der Waals surface area (Å²) in [7, 11) is 1.61. The Bertz CT molecular complexity index is 730. The van der Waals surface area contributed by atoms with Crippen molar-refractivity contribution in [1.29, 1.82) is 0 Å². The fourth-order valence-electron chi connectivity index (χ4n) is 3.30. The molecule has 132 valence electrons. The average Bonchev–Trinajstić information content (AvgIpc) is 2.91. The minimum Gasteiger partial charge on any atom is -0.497 e. The maximum atomic E-state index is 12.2. The molecule has 3 N–H and O–H groups in total. The molecular weight excluding hydrogens is 316 g/mol. The molecule has 2 aromatic rings. The Balaban J connectivity index is 1.55. The summed E-state index contributed by atoms with van der Waals surface area (Å²) >= 11 is 0. The van der Waals surface area contributed by atoms with Crippen molar-refractivity contribution in [3.05, 3.63) is 59.7 Å². The molecule has 1 unspecified atom stereocenters. The highest BCUT2D eigenvalue weighted by Crippen LogP contribution is 2.31. The van der Waals surface area contributed by atoms with Crippen LogP contribution in [0.1, 0.15) is 30.5 Å². The number of rotatable bonds is 6. The van der Waals surface area contributed by atoms with E-state index in [1.165, 1.54) is 5.56 Å². The predicted octanol–water partition coefficient (Wildman–Crippen LogP) is 2.66. The number of fused-ring (bicyclic) bond motifs is 1. The van der Waals surface area contributed by atoms with Gasteiger partial charge in [0, 0.05) is 24.6 Å². The monoisotopic (exact) mass is 340 g/mol. The molecule has 3 rings (SSSR count). The Hall–Kier alpha value is -2.37. The maximum Gasteiger partial charge on any atom is 0.225 e. The van der Waals surface area contributed by atoms with E-state index in [0.717, 1.165) is 17.0 Å². The van der Waals surface area contributed by atoms with E-state index >= 15 is 0 Å². The van der Waals surface area contributed by atoms with Crippen molar-refractivity contribution < 1.29 is 14.6 Å². The van der Waals surface area contributed by atoms with E-state index in [1.807, 2.05) is 55.5 Å². The molecule has 2 aromatic carbocycles. The molecule has 0 radical (unpaired) electrons. The smallest absolute Gasteiger partial charge is 0.225 e. The highest BCUT2D eigenvalue weighted by molar-refractivity contribution is 5.91. The summed E-state index contributed by atoms with van der Waals surface area (Å²) in [5.41, 5.74) is 3.03. The zero-order valence-corrected chi connectivity index (χ0v) is 14.5. The highest BCUT2D eigenvalue weighted by Gasteiger charge is 2.31. The molecule has 0 spiro atoms. The molecule has 0 aromatic heterocycles. The van der Waals surface area contributed by atoms with Gasteiger partial charge in [0.25, 0.3) is 0 Å². The number of carbonyl (C=O) groups excluding carboxylic acids is 1. The Kier molecular flexibility index (Phi) is 5.36. The minimum absolute atomic E-state index is 0.0518. The van der Waals surface area contributed by atoms with Crippen molar-refractivity contribution in [2.75, 3.05) is 12.4 Å². The van der Waals surface area contributed by atoms with Crippen molar-refractivity contribution >= 4 is 11.6 Å². The van der Waals surface area contributed by atoms with Crippen molar-refractivity contribution in [2.45, 2.75) is 38.0 Å². The first-order valence-electron chi connectivity index (χ1n) is 8.52. The zero-order chi connectivity index (χ0) is 17.8. The predicted molar refractivity (Wildman–Crippen MR) is 97.7 cm³/mol. The first-order valence-corrected chi connectivity index (χ1v) is 8.52. The Morgan fingerprint density at radius 1 is 1.24 bits per heavy atom. The first-order chi connectivity index (χ1) is 12.1. The quantitative estimate of drug-likeness (QED) is 0.756. The molecule has 1 aliphatic carbocycles. The molecule has 0 bridgehead atoms. The third-order valence-corrected chi connectivity index (χ3v) is 4.53. The molecule has 0 saturated carbocycles. The first kappa shape index (κ1) is 17.5. The number of nitrogens with one attached hydrogen (secondary N) is 2. The zero-order valence-electron chi connectivity index (χ0n) is 14.5. The van der Waals surface area contributed by atoms with Crippen LogP contribution < -0.4 is 15.4 Å². The van der Waals surface area contributed by atoms with Crippen molar-refractivity contribution in [3.63, 3.8) is 0 Å². The Morgan fingerprint density at radius 3 is 2.68 bits per heavy atom. The number of benzene rings is 2. The average molecular weight is 340 g/mol.